The van der Waals surface area contributed by atoms with Crippen LogP contribution >= 0.6 is 22.9 Å². The van der Waals surface area contributed by atoms with Crippen molar-refractivity contribution in [3.63, 3.8) is 0 Å². The molecule has 0 saturated carbocycles. The van der Waals surface area contributed by atoms with E-state index in [2.05, 4.69) is 22.1 Å². The molecule has 8 heteroatoms. The molecule has 0 bridgehead atoms. The first-order valence-electron chi connectivity index (χ1n) is 9.23. The normalized spacial score (nSPS) is 16.7. The number of nitrogens with zero attached hydrogens (tertiary/aromatic N) is 4. The Morgan fingerprint density at radius 3 is 2.67 bits per heavy atom. The highest BCUT2D eigenvalue weighted by molar-refractivity contribution is 7.21. The highest BCUT2D eigenvalue weighted by Gasteiger charge is 2.27. The average Bonchev–Trinajstić information content (AvgIpc) is 3.08. The van der Waals surface area contributed by atoms with E-state index in [-0.39, 0.29) is 11.6 Å². The number of piperazine rings is 1. The minimum absolute atomic E-state index is 0.0915. The Morgan fingerprint density at radius 1 is 1.22 bits per heavy atom. The second kappa shape index (κ2) is 8.06. The Bertz CT molecular complexity index is 981. The van der Waals surface area contributed by atoms with Crippen molar-refractivity contribution in [2.75, 3.05) is 26.2 Å². The number of thiazole rings is 1. The number of aromatic nitrogens is 3. The lowest BCUT2D eigenvalue weighted by molar-refractivity contribution is 0.159. The fourth-order valence-corrected chi connectivity index (χ4v) is 4.64. The van der Waals surface area contributed by atoms with Gasteiger partial charge in [0.05, 0.1) is 12.6 Å². The second-order valence-electron chi connectivity index (χ2n) is 6.68. The zero-order valence-electron chi connectivity index (χ0n) is 15.2. The molecular formula is C19H22ClN5OS. The van der Waals surface area contributed by atoms with Crippen LogP contribution in [0.4, 0.5) is 0 Å². The molecule has 1 aliphatic heterocycles. The zero-order valence-corrected chi connectivity index (χ0v) is 16.8. The molecule has 1 N–H and O–H groups in total. The van der Waals surface area contributed by atoms with Gasteiger partial charge in [-0.25, -0.2) is 9.97 Å². The molecule has 142 valence electrons. The summed E-state index contributed by atoms with van der Waals surface area (Å²) in [5.74, 6) is 0.807. The van der Waals surface area contributed by atoms with Gasteiger partial charge in [0, 0.05) is 26.2 Å². The second-order valence-corrected chi connectivity index (χ2v) is 8.24. The lowest BCUT2D eigenvalue weighted by Crippen LogP contribution is -2.46. The maximum absolute atomic E-state index is 13.2. The van der Waals surface area contributed by atoms with E-state index in [0.717, 1.165) is 44.0 Å². The molecule has 3 aromatic rings. The predicted molar refractivity (Wildman–Crippen MR) is 110 cm³/mol. The average molecular weight is 404 g/mol. The maximum Gasteiger partial charge on any atom is 0.281 e. The first-order chi connectivity index (χ1) is 13.2. The Balaban J connectivity index is 1.85. The summed E-state index contributed by atoms with van der Waals surface area (Å²) < 4.78 is 2.14. The van der Waals surface area contributed by atoms with Crippen molar-refractivity contribution in [2.45, 2.75) is 25.9 Å². The predicted octanol–water partition coefficient (Wildman–Crippen LogP) is 2.91. The van der Waals surface area contributed by atoms with Gasteiger partial charge >= 0.3 is 0 Å². The van der Waals surface area contributed by atoms with Gasteiger partial charge in [-0.15, -0.1) is 0 Å². The fraction of sp³-hybridized carbons (Fsp3) is 0.421. The fourth-order valence-electron chi connectivity index (χ4n) is 3.67. The van der Waals surface area contributed by atoms with Gasteiger partial charge in [-0.1, -0.05) is 60.2 Å². The molecule has 2 aromatic heterocycles. The van der Waals surface area contributed by atoms with Gasteiger partial charge in [0.2, 0.25) is 0 Å². The van der Waals surface area contributed by atoms with Crippen LogP contribution in [0.5, 0.6) is 0 Å². The third kappa shape index (κ3) is 3.78. The number of hydrogen-bond donors (Lipinski definition) is 1. The monoisotopic (exact) mass is 403 g/mol. The van der Waals surface area contributed by atoms with E-state index in [0.29, 0.717) is 21.4 Å². The summed E-state index contributed by atoms with van der Waals surface area (Å²) in [6.07, 6.45) is 0.888. The number of halogens is 1. The molecule has 1 aromatic carbocycles. The molecule has 1 aliphatic rings. The van der Waals surface area contributed by atoms with Crippen molar-refractivity contribution < 1.29 is 0 Å². The molecule has 1 fully saturated rings. The number of benzene rings is 1. The van der Waals surface area contributed by atoms with Gasteiger partial charge in [-0.3, -0.25) is 14.3 Å². The van der Waals surface area contributed by atoms with Crippen LogP contribution in [-0.2, 0) is 6.54 Å². The molecule has 1 saturated heterocycles. The van der Waals surface area contributed by atoms with Crippen molar-refractivity contribution >= 4 is 33.3 Å². The molecule has 0 spiro atoms. The van der Waals surface area contributed by atoms with Crippen LogP contribution in [0.1, 0.15) is 30.8 Å². The van der Waals surface area contributed by atoms with Gasteiger partial charge in [0.15, 0.2) is 14.8 Å². The first kappa shape index (κ1) is 18.6. The van der Waals surface area contributed by atoms with Gasteiger partial charge in [-0.2, -0.15) is 0 Å². The highest BCUT2D eigenvalue weighted by atomic mass is 35.5. The minimum atomic E-state index is -0.115. The lowest BCUT2D eigenvalue weighted by Gasteiger charge is -2.34. The smallest absolute Gasteiger partial charge is 0.281 e. The van der Waals surface area contributed by atoms with E-state index in [1.54, 1.807) is 4.57 Å². The van der Waals surface area contributed by atoms with Gasteiger partial charge in [0.25, 0.3) is 5.56 Å². The lowest BCUT2D eigenvalue weighted by atomic mass is 10.1. The van der Waals surface area contributed by atoms with Crippen molar-refractivity contribution in [1.82, 2.24) is 24.8 Å². The third-order valence-electron chi connectivity index (χ3n) is 4.98. The number of hydrogen-bond acceptors (Lipinski definition) is 6. The third-order valence-corrected chi connectivity index (χ3v) is 6.04. The largest absolute Gasteiger partial charge is 0.314 e. The molecule has 6 nitrogen and oxygen atoms in total. The van der Waals surface area contributed by atoms with Crippen LogP contribution in [-0.4, -0.2) is 45.6 Å². The zero-order chi connectivity index (χ0) is 18.8. The van der Waals surface area contributed by atoms with Crippen molar-refractivity contribution in [3.05, 3.63) is 56.5 Å². The van der Waals surface area contributed by atoms with E-state index in [4.69, 9.17) is 16.6 Å². The standard InChI is InChI=1S/C19H22ClN5OS/c1-2-14(24-10-8-21-9-11-24)16-23-17-15(22-19(20)27-17)18(26)25(16)12-13-6-4-3-5-7-13/h3-7,14,21H,2,8-12H2,1H3. The summed E-state index contributed by atoms with van der Waals surface area (Å²) in [7, 11) is 0. The SMILES string of the molecule is CCC(c1nc2sc(Cl)nc2c(=O)n1Cc1ccccc1)N1CCNCC1. The molecule has 0 amide bonds. The maximum atomic E-state index is 13.2. The first-order valence-corrected chi connectivity index (χ1v) is 10.4. The summed E-state index contributed by atoms with van der Waals surface area (Å²) in [4.78, 5) is 25.4. The van der Waals surface area contributed by atoms with Crippen LogP contribution in [0.3, 0.4) is 0 Å². The van der Waals surface area contributed by atoms with E-state index >= 15 is 0 Å². The van der Waals surface area contributed by atoms with Gasteiger partial charge in [-0.05, 0) is 12.0 Å². The number of fused-ring (bicyclic) bond motifs is 1. The van der Waals surface area contributed by atoms with Crippen LogP contribution in [0.25, 0.3) is 10.3 Å². The quantitative estimate of drug-likeness (QED) is 0.709. The number of rotatable bonds is 5. The van der Waals surface area contributed by atoms with Gasteiger partial charge in [0.1, 0.15) is 5.82 Å². The van der Waals surface area contributed by atoms with E-state index in [1.807, 2.05) is 30.3 Å². The Labute approximate surface area is 166 Å². The Morgan fingerprint density at radius 2 is 1.96 bits per heavy atom. The molecule has 4 rings (SSSR count). The summed E-state index contributed by atoms with van der Waals surface area (Å²) in [5.41, 5.74) is 1.31. The Hall–Kier alpha value is -1.80. The molecule has 1 unspecified atom stereocenters. The van der Waals surface area contributed by atoms with E-state index < -0.39 is 0 Å². The molecule has 0 aliphatic carbocycles. The molecule has 1 atom stereocenters. The van der Waals surface area contributed by atoms with Gasteiger partial charge < -0.3 is 5.32 Å². The van der Waals surface area contributed by atoms with E-state index in [1.165, 1.54) is 11.3 Å². The van der Waals surface area contributed by atoms with Crippen molar-refractivity contribution in [3.8, 4) is 0 Å². The van der Waals surface area contributed by atoms with E-state index in [9.17, 15) is 4.79 Å². The van der Waals surface area contributed by atoms with Crippen LogP contribution in [0.2, 0.25) is 4.47 Å². The molecule has 27 heavy (non-hydrogen) atoms. The van der Waals surface area contributed by atoms with Crippen LogP contribution < -0.4 is 10.9 Å². The summed E-state index contributed by atoms with van der Waals surface area (Å²) in [6.45, 7) is 6.43. The summed E-state index contributed by atoms with van der Waals surface area (Å²) in [5, 5.41) is 3.39. The molecule has 0 radical (unpaired) electrons. The minimum Gasteiger partial charge on any atom is -0.314 e. The van der Waals surface area contributed by atoms with Crippen LogP contribution in [0, 0.1) is 0 Å². The van der Waals surface area contributed by atoms with Crippen LogP contribution in [0.15, 0.2) is 35.1 Å². The number of nitrogens with one attached hydrogen (secondary N) is 1. The molecular weight excluding hydrogens is 382 g/mol. The highest BCUT2D eigenvalue weighted by Crippen LogP contribution is 2.27. The van der Waals surface area contributed by atoms with Crippen molar-refractivity contribution in [1.29, 1.82) is 0 Å². The summed E-state index contributed by atoms with van der Waals surface area (Å²) >= 11 is 7.35. The molecule has 3 heterocycles. The summed E-state index contributed by atoms with van der Waals surface area (Å²) in [6, 6.07) is 10.1. The Kier molecular flexibility index (Phi) is 5.54. The van der Waals surface area contributed by atoms with Crippen molar-refractivity contribution in [2.24, 2.45) is 0 Å². The topological polar surface area (TPSA) is 63.1 Å².